The van der Waals surface area contributed by atoms with Crippen molar-refractivity contribution in [3.05, 3.63) is 53.7 Å². The smallest absolute Gasteiger partial charge is 0.185 e. The molecule has 33 heavy (non-hydrogen) atoms. The van der Waals surface area contributed by atoms with Crippen molar-refractivity contribution in [3.8, 4) is 11.4 Å². The fraction of sp³-hybridized carbons (Fsp3) is 0.440. The minimum atomic E-state index is 0.753. The van der Waals surface area contributed by atoms with Crippen LogP contribution in [0.15, 0.2) is 36.7 Å². The maximum Gasteiger partial charge on any atom is 0.185 e. The number of aryl methyl sites for hydroxylation is 2. The molecule has 3 aromatic heterocycles. The molecular weight excluding hydrogens is 412 g/mol. The number of nitrogens with one attached hydrogen (secondary N) is 1. The second-order valence-corrected chi connectivity index (χ2v) is 9.13. The van der Waals surface area contributed by atoms with Gasteiger partial charge in [-0.25, -0.2) is 15.0 Å². The van der Waals surface area contributed by atoms with Crippen molar-refractivity contribution in [3.63, 3.8) is 0 Å². The minimum Gasteiger partial charge on any atom is -0.352 e. The van der Waals surface area contributed by atoms with Gasteiger partial charge >= 0.3 is 0 Å². The summed E-state index contributed by atoms with van der Waals surface area (Å²) in [5.41, 5.74) is 5.94. The molecule has 8 heteroatoms. The quantitative estimate of drug-likeness (QED) is 0.511. The molecule has 2 aliphatic heterocycles. The first-order valence-corrected chi connectivity index (χ1v) is 12.0. The van der Waals surface area contributed by atoms with Crippen molar-refractivity contribution in [1.82, 2.24) is 34.6 Å². The van der Waals surface area contributed by atoms with Crippen LogP contribution in [-0.2, 0) is 19.4 Å². The zero-order valence-corrected chi connectivity index (χ0v) is 19.2. The predicted octanol–water partition coefficient (Wildman–Crippen LogP) is 3.23. The highest BCUT2D eigenvalue weighted by Gasteiger charge is 2.29. The maximum atomic E-state index is 4.80. The van der Waals surface area contributed by atoms with Crippen molar-refractivity contribution < 1.29 is 0 Å². The highest BCUT2D eigenvalue weighted by atomic mass is 15.3. The van der Waals surface area contributed by atoms with Gasteiger partial charge in [-0.3, -0.25) is 10.00 Å². The molecule has 1 N–H and O–H groups in total. The van der Waals surface area contributed by atoms with Gasteiger partial charge < -0.3 is 9.47 Å². The highest BCUT2D eigenvalue weighted by molar-refractivity contribution is 5.99. The number of hydrogen-bond acceptors (Lipinski definition) is 6. The number of aromatic nitrogens is 6. The van der Waals surface area contributed by atoms with E-state index in [1.807, 2.05) is 6.92 Å². The summed E-state index contributed by atoms with van der Waals surface area (Å²) in [5, 5.41) is 7.49. The van der Waals surface area contributed by atoms with E-state index >= 15 is 0 Å². The number of piperazine rings is 1. The first kappa shape index (κ1) is 20.4. The van der Waals surface area contributed by atoms with Crippen LogP contribution in [0.4, 0.5) is 5.82 Å². The van der Waals surface area contributed by atoms with Crippen molar-refractivity contribution >= 4 is 16.9 Å². The zero-order valence-electron chi connectivity index (χ0n) is 19.2. The normalized spacial score (nSPS) is 16.9. The topological polar surface area (TPSA) is 78.8 Å². The maximum absolute atomic E-state index is 4.80. The Labute approximate surface area is 193 Å². The summed E-state index contributed by atoms with van der Waals surface area (Å²) >= 11 is 0. The summed E-state index contributed by atoms with van der Waals surface area (Å²) in [7, 11) is 0. The van der Waals surface area contributed by atoms with Crippen LogP contribution in [0.3, 0.4) is 0 Å². The molecule has 5 heterocycles. The molecule has 0 amide bonds. The number of nitrogens with zero attached hydrogens (tertiary/aromatic N) is 7. The summed E-state index contributed by atoms with van der Waals surface area (Å²) in [5.74, 6) is 2.64. The Kier molecular flexibility index (Phi) is 5.30. The number of H-pyrrole nitrogens is 1. The summed E-state index contributed by atoms with van der Waals surface area (Å²) in [6.07, 6.45) is 6.23. The van der Waals surface area contributed by atoms with Gasteiger partial charge in [0.25, 0.3) is 0 Å². The number of benzene rings is 1. The lowest BCUT2D eigenvalue weighted by Crippen LogP contribution is -2.47. The van der Waals surface area contributed by atoms with Crippen LogP contribution in [0.1, 0.15) is 29.9 Å². The van der Waals surface area contributed by atoms with Gasteiger partial charge in [0.2, 0.25) is 0 Å². The van der Waals surface area contributed by atoms with E-state index in [9.17, 15) is 0 Å². The first-order chi connectivity index (χ1) is 16.3. The van der Waals surface area contributed by atoms with Gasteiger partial charge in [0.1, 0.15) is 23.2 Å². The van der Waals surface area contributed by atoms with Gasteiger partial charge in [-0.2, -0.15) is 5.10 Å². The fourth-order valence-electron chi connectivity index (χ4n) is 5.31. The standard InChI is InChI=1S/C25H30N8/c1-18-28-24(30-29-18)21-20-9-5-6-11-33(20)23-22(21)26-17-27-25(23)32-15-13-31(14-16-32)12-10-19-7-3-2-4-8-19/h2-4,7-8,17H,5-6,9-16H2,1H3,(H,28,29,30). The van der Waals surface area contributed by atoms with Crippen LogP contribution in [-0.4, -0.2) is 67.3 Å². The lowest BCUT2D eigenvalue weighted by Gasteiger charge is -2.35. The molecule has 4 aromatic rings. The Morgan fingerprint density at radius 1 is 0.970 bits per heavy atom. The van der Waals surface area contributed by atoms with Gasteiger partial charge in [0, 0.05) is 45.0 Å². The number of hydrogen-bond donors (Lipinski definition) is 1. The van der Waals surface area contributed by atoms with Crippen molar-refractivity contribution in [2.75, 3.05) is 37.6 Å². The molecule has 1 saturated heterocycles. The van der Waals surface area contributed by atoms with E-state index in [1.54, 1.807) is 6.33 Å². The second-order valence-electron chi connectivity index (χ2n) is 9.13. The summed E-state index contributed by atoms with van der Waals surface area (Å²) < 4.78 is 2.44. The minimum absolute atomic E-state index is 0.753. The monoisotopic (exact) mass is 442 g/mol. The molecule has 2 aliphatic rings. The van der Waals surface area contributed by atoms with E-state index in [0.29, 0.717) is 0 Å². The molecule has 6 rings (SSSR count). The number of rotatable bonds is 5. The molecule has 1 fully saturated rings. The van der Waals surface area contributed by atoms with E-state index in [-0.39, 0.29) is 0 Å². The third-order valence-corrected chi connectivity index (χ3v) is 7.02. The fourth-order valence-corrected chi connectivity index (χ4v) is 5.31. The average molecular weight is 443 g/mol. The Bertz CT molecular complexity index is 1250. The molecule has 170 valence electrons. The van der Waals surface area contributed by atoms with E-state index in [4.69, 9.17) is 9.97 Å². The Morgan fingerprint density at radius 2 is 1.82 bits per heavy atom. The lowest BCUT2D eigenvalue weighted by atomic mass is 10.1. The van der Waals surface area contributed by atoms with Crippen molar-refractivity contribution in [1.29, 1.82) is 0 Å². The molecule has 0 spiro atoms. The van der Waals surface area contributed by atoms with Crippen LogP contribution >= 0.6 is 0 Å². The van der Waals surface area contributed by atoms with Gasteiger partial charge in [-0.05, 0) is 38.2 Å². The third kappa shape index (κ3) is 3.78. The van der Waals surface area contributed by atoms with E-state index in [0.717, 1.165) is 86.2 Å². The van der Waals surface area contributed by atoms with Crippen LogP contribution in [0, 0.1) is 6.92 Å². The second kappa shape index (κ2) is 8.59. The Morgan fingerprint density at radius 3 is 2.61 bits per heavy atom. The van der Waals surface area contributed by atoms with Gasteiger partial charge in [-0.15, -0.1) is 0 Å². The summed E-state index contributed by atoms with van der Waals surface area (Å²) in [6.45, 7) is 8.13. The van der Waals surface area contributed by atoms with Crippen molar-refractivity contribution in [2.24, 2.45) is 0 Å². The average Bonchev–Trinajstić information content (AvgIpc) is 3.44. The predicted molar refractivity (Wildman–Crippen MR) is 129 cm³/mol. The Hall–Kier alpha value is -3.26. The third-order valence-electron chi connectivity index (χ3n) is 7.02. The van der Waals surface area contributed by atoms with Gasteiger partial charge in [0.15, 0.2) is 11.6 Å². The molecular formula is C25H30N8. The van der Waals surface area contributed by atoms with Crippen LogP contribution in [0.2, 0.25) is 0 Å². The van der Waals surface area contributed by atoms with Gasteiger partial charge in [0.05, 0.1) is 5.56 Å². The number of fused-ring (bicyclic) bond motifs is 3. The number of aromatic amines is 1. The molecule has 0 saturated carbocycles. The Balaban J connectivity index is 1.28. The van der Waals surface area contributed by atoms with E-state index in [2.05, 4.69) is 59.9 Å². The highest BCUT2D eigenvalue weighted by Crippen LogP contribution is 2.38. The van der Waals surface area contributed by atoms with E-state index < -0.39 is 0 Å². The van der Waals surface area contributed by atoms with E-state index in [1.165, 1.54) is 24.1 Å². The van der Waals surface area contributed by atoms with Crippen LogP contribution in [0.25, 0.3) is 22.4 Å². The van der Waals surface area contributed by atoms with Crippen LogP contribution < -0.4 is 4.90 Å². The number of anilines is 1. The SMILES string of the molecule is Cc1nc(-c2c3n(c4c(N5CCN(CCc6ccccc6)CC5)ncnc24)CCCC3)n[nH]1. The summed E-state index contributed by atoms with van der Waals surface area (Å²) in [4.78, 5) is 19.2. The lowest BCUT2D eigenvalue weighted by molar-refractivity contribution is 0.260. The molecule has 0 aliphatic carbocycles. The molecule has 0 unspecified atom stereocenters. The zero-order chi connectivity index (χ0) is 22.2. The molecule has 0 bridgehead atoms. The molecule has 0 atom stereocenters. The summed E-state index contributed by atoms with van der Waals surface area (Å²) in [6, 6.07) is 10.8. The molecule has 8 nitrogen and oxygen atoms in total. The van der Waals surface area contributed by atoms with Crippen molar-refractivity contribution in [2.45, 2.75) is 39.2 Å². The molecule has 0 radical (unpaired) electrons. The van der Waals surface area contributed by atoms with Crippen LogP contribution in [0.5, 0.6) is 0 Å². The first-order valence-electron chi connectivity index (χ1n) is 12.0. The molecule has 1 aromatic carbocycles. The van der Waals surface area contributed by atoms with Gasteiger partial charge in [-0.1, -0.05) is 30.3 Å². The largest absolute Gasteiger partial charge is 0.352 e.